The fourth-order valence-electron chi connectivity index (χ4n) is 9.98. The number of hydrogen-bond donors (Lipinski definition) is 0. The van der Waals surface area contributed by atoms with Gasteiger partial charge >= 0.3 is 0 Å². The van der Waals surface area contributed by atoms with E-state index in [9.17, 15) is 40.5 Å². The van der Waals surface area contributed by atoms with Crippen LogP contribution in [0.1, 0.15) is 44.5 Å². The second-order valence-corrected chi connectivity index (χ2v) is 20.6. The van der Waals surface area contributed by atoms with Crippen LogP contribution in [0.5, 0.6) is 46.0 Å². The number of ether oxygens (including phenoxy) is 12. The fourth-order valence-corrected chi connectivity index (χ4v) is 9.98. The average Bonchev–Trinajstić information content (AvgIpc) is 0.906. The predicted octanol–water partition coefficient (Wildman–Crippen LogP) is 11.9. The molecule has 92 heavy (non-hydrogen) atoms. The molecule has 0 heterocycles. The van der Waals surface area contributed by atoms with Crippen LogP contribution in [-0.4, -0.2) is 125 Å². The van der Waals surface area contributed by atoms with Gasteiger partial charge in [0.1, 0.15) is 98.9 Å². The molecule has 0 saturated carbocycles. The van der Waals surface area contributed by atoms with Crippen LogP contribution in [0.15, 0.2) is 170 Å². The van der Waals surface area contributed by atoms with Gasteiger partial charge in [-0.25, -0.2) is 0 Å². The Morgan fingerprint density at radius 3 is 0.554 bits per heavy atom. The molecule has 0 amide bonds. The van der Waals surface area contributed by atoms with Gasteiger partial charge in [-0.1, -0.05) is 72.8 Å². The molecule has 24 nitrogen and oxygen atoms in total. The molecule has 0 N–H and O–H groups in total. The molecule has 8 aromatic rings. The second kappa shape index (κ2) is 34.5. The summed E-state index contributed by atoms with van der Waals surface area (Å²) in [5, 5.41) is 44.6. The van der Waals surface area contributed by atoms with Crippen molar-refractivity contribution < 1.29 is 76.5 Å². The molecule has 0 radical (unpaired) electrons. The van der Waals surface area contributed by atoms with Gasteiger partial charge in [-0.15, -0.1) is 0 Å². The van der Waals surface area contributed by atoms with Gasteiger partial charge in [-0.3, -0.25) is 40.5 Å². The number of para-hydroxylation sites is 4. The van der Waals surface area contributed by atoms with Crippen molar-refractivity contribution in [3.63, 3.8) is 0 Å². The highest BCUT2D eigenvalue weighted by Crippen LogP contribution is 2.39. The van der Waals surface area contributed by atoms with Crippen molar-refractivity contribution in [3.8, 4) is 46.0 Å². The molecule has 480 valence electrons. The minimum atomic E-state index is -0.469. The topological polar surface area (TPSA) is 283 Å². The summed E-state index contributed by atoms with van der Waals surface area (Å²) < 4.78 is 74.1. The van der Waals surface area contributed by atoms with E-state index < -0.39 is 19.7 Å². The zero-order valence-corrected chi connectivity index (χ0v) is 50.3. The zero-order chi connectivity index (χ0) is 64.3. The Morgan fingerprint density at radius 1 is 0.228 bits per heavy atom. The molecular weight excluding hydrogens is 1190 g/mol. The normalized spacial score (nSPS) is 11.7. The molecule has 0 unspecified atom stereocenters. The first-order valence-corrected chi connectivity index (χ1v) is 29.7. The summed E-state index contributed by atoms with van der Waals surface area (Å²) in [5.41, 5.74) is 6.89. The standard InChI is InChI=1S/C68H68N4O20/c73-69(74)57-13-21-61(22-14-57)85-37-29-81-33-41-89-65-49-5-1-6-50(65)46-52-8-3-10-54(67(52)91-43-35-83-31-39-87-63-25-17-59(18-26-63)71(77)78)48-56-12-4-11-55(68(56)92-44-36-84-32-40-88-64-27-19-60(20-28-64)72(79)80)47-53-9-2-7-51(45-49)66(53)90-42-34-82-30-38-86-62-23-15-58(16-24-62)70(75)76/h1-28H,29-48H2. The van der Waals surface area contributed by atoms with Crippen LogP contribution in [0, 0.1) is 40.5 Å². The first-order valence-electron chi connectivity index (χ1n) is 29.7. The lowest BCUT2D eigenvalue weighted by Crippen LogP contribution is -2.15. The van der Waals surface area contributed by atoms with E-state index in [1.807, 2.05) is 72.8 Å². The van der Waals surface area contributed by atoms with Gasteiger partial charge in [0.25, 0.3) is 22.7 Å². The first-order chi connectivity index (χ1) is 44.9. The monoisotopic (exact) mass is 1260 g/mol. The van der Waals surface area contributed by atoms with Crippen molar-refractivity contribution in [2.24, 2.45) is 0 Å². The Kier molecular flexibility index (Phi) is 24.8. The Morgan fingerprint density at radius 2 is 0.391 bits per heavy atom. The summed E-state index contributed by atoms with van der Waals surface area (Å²) in [5.74, 6) is 4.54. The third-order valence-electron chi connectivity index (χ3n) is 14.3. The predicted molar refractivity (Wildman–Crippen MR) is 337 cm³/mol. The molecule has 1 aliphatic carbocycles. The van der Waals surface area contributed by atoms with Crippen molar-refractivity contribution >= 4 is 22.7 Å². The Bertz CT molecular complexity index is 3140. The molecule has 8 bridgehead atoms. The quantitative estimate of drug-likeness (QED) is 0.0200. The number of nitro groups is 4. The zero-order valence-electron chi connectivity index (χ0n) is 50.3. The number of fused-ring (bicyclic) bond motifs is 8. The molecule has 0 aromatic heterocycles. The Labute approximate surface area is 529 Å². The van der Waals surface area contributed by atoms with Crippen molar-refractivity contribution in [2.45, 2.75) is 25.7 Å². The van der Waals surface area contributed by atoms with Crippen LogP contribution < -0.4 is 37.9 Å². The van der Waals surface area contributed by atoms with Gasteiger partial charge in [-0.05, 0) is 93.0 Å². The highest BCUT2D eigenvalue weighted by Gasteiger charge is 2.23. The van der Waals surface area contributed by atoms with Crippen LogP contribution in [-0.2, 0) is 44.6 Å². The molecule has 0 saturated heterocycles. The van der Waals surface area contributed by atoms with Crippen molar-refractivity contribution in [2.75, 3.05) is 106 Å². The summed E-state index contributed by atoms with van der Waals surface area (Å²) in [4.78, 5) is 42.7. The van der Waals surface area contributed by atoms with E-state index in [4.69, 9.17) is 56.8 Å². The molecule has 0 atom stereocenters. The minimum Gasteiger partial charge on any atom is -0.491 e. The van der Waals surface area contributed by atoms with Crippen LogP contribution in [0.25, 0.3) is 0 Å². The highest BCUT2D eigenvalue weighted by atomic mass is 16.6. The maximum Gasteiger partial charge on any atom is 0.269 e. The number of rotatable bonds is 36. The van der Waals surface area contributed by atoms with Crippen LogP contribution >= 0.6 is 0 Å². The number of nitrogens with zero attached hydrogens (tertiary/aromatic N) is 4. The third-order valence-corrected chi connectivity index (χ3v) is 14.3. The van der Waals surface area contributed by atoms with Gasteiger partial charge in [0.15, 0.2) is 0 Å². The molecule has 0 fully saturated rings. The molecule has 0 aliphatic heterocycles. The van der Waals surface area contributed by atoms with Gasteiger partial charge in [0.2, 0.25) is 0 Å². The molecule has 1 aliphatic rings. The second-order valence-electron chi connectivity index (χ2n) is 20.6. The summed E-state index contributed by atoms with van der Waals surface area (Å²) in [6.07, 6.45) is 1.57. The number of non-ortho nitro benzene ring substituents is 4. The molecular formula is C68H68N4O20. The lowest BCUT2D eigenvalue weighted by molar-refractivity contribution is -0.385. The Balaban J connectivity index is 0.961. The average molecular weight is 1260 g/mol. The van der Waals surface area contributed by atoms with E-state index in [-0.39, 0.29) is 128 Å². The van der Waals surface area contributed by atoms with Gasteiger partial charge in [0.05, 0.1) is 72.5 Å². The van der Waals surface area contributed by atoms with Crippen molar-refractivity contribution in [1.82, 2.24) is 0 Å². The maximum absolute atomic E-state index is 11.1. The van der Waals surface area contributed by atoms with Gasteiger partial charge < -0.3 is 56.8 Å². The van der Waals surface area contributed by atoms with Crippen molar-refractivity contribution in [1.29, 1.82) is 0 Å². The Hall–Kier alpha value is -10.4. The SMILES string of the molecule is O=[N+]([O-])c1ccc(OCCOCCOc2c3cccc2Cc2cccc(c2OCCOCCOc2ccc([N+](=O)[O-])cc2)Cc2cccc(c2OCCOCCOc2ccc([N+](=O)[O-])cc2)Cc2cccc(c2OCCOCCOc2ccc([N+](=O)[O-])cc2)C3)cc1. The van der Waals surface area contributed by atoms with E-state index in [2.05, 4.69) is 0 Å². The minimum absolute atomic E-state index is 0.0356. The van der Waals surface area contributed by atoms with E-state index in [1.54, 1.807) is 0 Å². The van der Waals surface area contributed by atoms with Crippen LogP contribution in [0.4, 0.5) is 22.7 Å². The van der Waals surface area contributed by atoms with E-state index >= 15 is 0 Å². The summed E-state index contributed by atoms with van der Waals surface area (Å²) in [6.45, 7) is 3.35. The molecule has 0 spiro atoms. The number of benzene rings is 8. The van der Waals surface area contributed by atoms with Crippen molar-refractivity contribution in [3.05, 3.63) is 255 Å². The van der Waals surface area contributed by atoms with Crippen LogP contribution in [0.3, 0.4) is 0 Å². The molecule has 8 aromatic carbocycles. The lowest BCUT2D eigenvalue weighted by Gasteiger charge is -2.23. The largest absolute Gasteiger partial charge is 0.491 e. The smallest absolute Gasteiger partial charge is 0.269 e. The number of hydrogen-bond acceptors (Lipinski definition) is 20. The van der Waals surface area contributed by atoms with E-state index in [0.29, 0.717) is 71.7 Å². The summed E-state index contributed by atoms with van der Waals surface area (Å²) >= 11 is 0. The number of nitro benzene ring substituents is 4. The molecule has 24 heteroatoms. The van der Waals surface area contributed by atoms with Gasteiger partial charge in [0, 0.05) is 74.2 Å². The van der Waals surface area contributed by atoms with Crippen LogP contribution in [0.2, 0.25) is 0 Å². The van der Waals surface area contributed by atoms with E-state index in [0.717, 1.165) is 44.5 Å². The first kappa shape index (κ1) is 66.0. The third kappa shape index (κ3) is 19.8. The summed E-state index contributed by atoms with van der Waals surface area (Å²) in [6, 6.07) is 47.6. The maximum atomic E-state index is 11.1. The molecule has 9 rings (SSSR count). The van der Waals surface area contributed by atoms with Gasteiger partial charge in [-0.2, -0.15) is 0 Å². The summed E-state index contributed by atoms with van der Waals surface area (Å²) in [7, 11) is 0. The van der Waals surface area contributed by atoms with E-state index in [1.165, 1.54) is 97.1 Å². The lowest BCUT2D eigenvalue weighted by atomic mass is 9.91. The fraction of sp³-hybridized carbons (Fsp3) is 0.294. The highest BCUT2D eigenvalue weighted by molar-refractivity contribution is 5.56.